The quantitative estimate of drug-likeness (QED) is 0.781. The molecule has 0 bridgehead atoms. The molecule has 1 saturated heterocycles. The summed E-state index contributed by atoms with van der Waals surface area (Å²) in [4.78, 5) is 41.5. The van der Waals surface area contributed by atoms with Crippen LogP contribution in [-0.4, -0.2) is 45.0 Å². The summed E-state index contributed by atoms with van der Waals surface area (Å²) < 4.78 is 0. The molecular formula is C21H25N5O3. The van der Waals surface area contributed by atoms with Gasteiger partial charge in [-0.25, -0.2) is 0 Å². The van der Waals surface area contributed by atoms with Crippen molar-refractivity contribution in [3.05, 3.63) is 47.3 Å². The topological polar surface area (TPSA) is 98.4 Å². The molecule has 1 aromatic heterocycles. The van der Waals surface area contributed by atoms with Crippen molar-refractivity contribution < 1.29 is 14.4 Å². The number of para-hydroxylation sites is 1. The number of aryl methyl sites for hydroxylation is 1. The van der Waals surface area contributed by atoms with Gasteiger partial charge in [0, 0.05) is 19.4 Å². The summed E-state index contributed by atoms with van der Waals surface area (Å²) in [5.74, 6) is -0.278. The molecule has 1 aromatic carbocycles. The summed E-state index contributed by atoms with van der Waals surface area (Å²) in [6.45, 7) is 4.54. The standard InChI is InChI=1S/C21H25N5O3/c1-3-14-12-15(24-23-14)13-22-18(27)9-11-25-20(29)16-6-4-5-7-17(16)26-19(28)8-10-21(25,26)2/h4-7,12H,3,8-11,13H2,1-2H3,(H,22,27)(H,23,24)/t21-/m0/s1. The average molecular weight is 395 g/mol. The number of H-pyrrole nitrogens is 1. The first-order chi connectivity index (χ1) is 13.9. The normalized spacial score (nSPS) is 20.6. The largest absolute Gasteiger partial charge is 0.350 e. The van der Waals surface area contributed by atoms with Crippen LogP contribution in [0.15, 0.2) is 30.3 Å². The van der Waals surface area contributed by atoms with Crippen molar-refractivity contribution >= 4 is 23.4 Å². The fraction of sp³-hybridized carbons (Fsp3) is 0.429. The number of amides is 3. The molecular weight excluding hydrogens is 370 g/mol. The second-order valence-electron chi connectivity index (χ2n) is 7.68. The minimum absolute atomic E-state index is 0.00729. The van der Waals surface area contributed by atoms with E-state index in [-0.39, 0.29) is 30.7 Å². The lowest BCUT2D eigenvalue weighted by Gasteiger charge is -2.48. The van der Waals surface area contributed by atoms with E-state index in [9.17, 15) is 14.4 Å². The monoisotopic (exact) mass is 395 g/mol. The minimum Gasteiger partial charge on any atom is -0.350 e. The molecule has 0 aliphatic carbocycles. The van der Waals surface area contributed by atoms with E-state index in [4.69, 9.17) is 0 Å². The van der Waals surface area contributed by atoms with Crippen LogP contribution in [0.2, 0.25) is 0 Å². The number of hydrogen-bond acceptors (Lipinski definition) is 4. The van der Waals surface area contributed by atoms with Gasteiger partial charge in [0.15, 0.2) is 0 Å². The molecule has 8 nitrogen and oxygen atoms in total. The highest BCUT2D eigenvalue weighted by atomic mass is 16.2. The Morgan fingerprint density at radius 2 is 2.10 bits per heavy atom. The maximum Gasteiger partial charge on any atom is 0.257 e. The Kier molecular flexibility index (Phi) is 4.86. The number of carbonyl (C=O) groups excluding carboxylic acids is 3. The van der Waals surface area contributed by atoms with Gasteiger partial charge in [0.1, 0.15) is 5.66 Å². The van der Waals surface area contributed by atoms with Gasteiger partial charge in [-0.2, -0.15) is 5.10 Å². The Hall–Kier alpha value is -3.16. The van der Waals surface area contributed by atoms with E-state index in [0.717, 1.165) is 17.8 Å². The van der Waals surface area contributed by atoms with Crippen molar-refractivity contribution in [2.24, 2.45) is 0 Å². The molecule has 152 valence electrons. The van der Waals surface area contributed by atoms with E-state index in [0.29, 0.717) is 30.6 Å². The van der Waals surface area contributed by atoms with E-state index >= 15 is 0 Å². The number of hydrogen-bond donors (Lipinski definition) is 2. The predicted molar refractivity (Wildman–Crippen MR) is 107 cm³/mol. The maximum atomic E-state index is 13.1. The van der Waals surface area contributed by atoms with Gasteiger partial charge in [-0.15, -0.1) is 0 Å². The summed E-state index contributed by atoms with van der Waals surface area (Å²) >= 11 is 0. The second kappa shape index (κ2) is 7.35. The van der Waals surface area contributed by atoms with Crippen molar-refractivity contribution in [2.45, 2.75) is 51.7 Å². The van der Waals surface area contributed by atoms with Crippen molar-refractivity contribution in [1.82, 2.24) is 20.4 Å². The van der Waals surface area contributed by atoms with Crippen molar-refractivity contribution in [1.29, 1.82) is 0 Å². The van der Waals surface area contributed by atoms with Gasteiger partial charge in [0.25, 0.3) is 5.91 Å². The van der Waals surface area contributed by atoms with E-state index in [1.54, 1.807) is 21.9 Å². The first-order valence-electron chi connectivity index (χ1n) is 9.98. The zero-order chi connectivity index (χ0) is 20.6. The Morgan fingerprint density at radius 1 is 1.31 bits per heavy atom. The highest BCUT2D eigenvalue weighted by Crippen LogP contribution is 2.43. The van der Waals surface area contributed by atoms with Gasteiger partial charge in [-0.05, 0) is 38.0 Å². The number of fused-ring (bicyclic) bond motifs is 3. The number of rotatable bonds is 6. The first kappa shape index (κ1) is 19.2. The lowest BCUT2D eigenvalue weighted by Crippen LogP contribution is -2.62. The summed E-state index contributed by atoms with van der Waals surface area (Å²) in [6, 6.07) is 9.10. The molecule has 1 atom stereocenters. The molecule has 4 rings (SSSR count). The summed E-state index contributed by atoms with van der Waals surface area (Å²) in [5.41, 5.74) is 2.23. The molecule has 8 heteroatoms. The molecule has 2 aliphatic heterocycles. The SMILES string of the molecule is CCc1cc(CNC(=O)CCN2C(=O)c3ccccc3N3C(=O)CC[C@@]23C)[nH]n1. The number of aromatic amines is 1. The molecule has 0 unspecified atom stereocenters. The van der Waals surface area contributed by atoms with Gasteiger partial charge in [-0.3, -0.25) is 24.4 Å². The van der Waals surface area contributed by atoms with Crippen molar-refractivity contribution in [2.75, 3.05) is 11.4 Å². The number of benzene rings is 1. The fourth-order valence-corrected chi connectivity index (χ4v) is 4.22. The van der Waals surface area contributed by atoms with E-state index < -0.39 is 5.66 Å². The molecule has 3 heterocycles. The highest BCUT2D eigenvalue weighted by Gasteiger charge is 2.52. The van der Waals surface area contributed by atoms with Crippen LogP contribution >= 0.6 is 0 Å². The Labute approximate surface area is 169 Å². The third-order valence-corrected chi connectivity index (χ3v) is 5.83. The molecule has 29 heavy (non-hydrogen) atoms. The van der Waals surface area contributed by atoms with E-state index in [1.807, 2.05) is 32.0 Å². The molecule has 0 radical (unpaired) electrons. The summed E-state index contributed by atoms with van der Waals surface area (Å²) in [7, 11) is 0. The van der Waals surface area contributed by atoms with Crippen LogP contribution in [0.4, 0.5) is 5.69 Å². The molecule has 2 aromatic rings. The molecule has 2 aliphatic rings. The minimum atomic E-state index is -0.734. The van der Waals surface area contributed by atoms with Crippen molar-refractivity contribution in [3.63, 3.8) is 0 Å². The van der Waals surface area contributed by atoms with Crippen LogP contribution in [0.1, 0.15) is 54.9 Å². The fourth-order valence-electron chi connectivity index (χ4n) is 4.22. The smallest absolute Gasteiger partial charge is 0.257 e. The van der Waals surface area contributed by atoms with Gasteiger partial charge in [0.2, 0.25) is 11.8 Å². The molecule has 0 saturated carbocycles. The van der Waals surface area contributed by atoms with Crippen LogP contribution in [0.5, 0.6) is 0 Å². The molecule has 3 amide bonds. The van der Waals surface area contributed by atoms with Crippen LogP contribution in [0, 0.1) is 0 Å². The van der Waals surface area contributed by atoms with Gasteiger partial charge in [0.05, 0.1) is 29.2 Å². The third kappa shape index (κ3) is 3.28. The van der Waals surface area contributed by atoms with Crippen LogP contribution in [-0.2, 0) is 22.6 Å². The second-order valence-corrected chi connectivity index (χ2v) is 7.68. The maximum absolute atomic E-state index is 13.1. The first-order valence-corrected chi connectivity index (χ1v) is 9.98. The number of aromatic nitrogens is 2. The lowest BCUT2D eigenvalue weighted by atomic mass is 9.98. The summed E-state index contributed by atoms with van der Waals surface area (Å²) in [5, 5.41) is 9.91. The molecule has 0 spiro atoms. The third-order valence-electron chi connectivity index (χ3n) is 5.83. The van der Waals surface area contributed by atoms with E-state index in [1.165, 1.54) is 0 Å². The van der Waals surface area contributed by atoms with Crippen LogP contribution in [0.3, 0.4) is 0 Å². The van der Waals surface area contributed by atoms with E-state index in [2.05, 4.69) is 15.5 Å². The van der Waals surface area contributed by atoms with Gasteiger partial charge >= 0.3 is 0 Å². The highest BCUT2D eigenvalue weighted by molar-refractivity contribution is 6.10. The average Bonchev–Trinajstić information content (AvgIpc) is 3.30. The lowest BCUT2D eigenvalue weighted by molar-refractivity contribution is -0.121. The zero-order valence-corrected chi connectivity index (χ0v) is 16.7. The number of anilines is 1. The molecule has 1 fully saturated rings. The Morgan fingerprint density at radius 3 is 2.86 bits per heavy atom. The number of nitrogens with zero attached hydrogens (tertiary/aromatic N) is 3. The van der Waals surface area contributed by atoms with Gasteiger partial charge < -0.3 is 10.2 Å². The molecule has 2 N–H and O–H groups in total. The Bertz CT molecular complexity index is 969. The van der Waals surface area contributed by atoms with Crippen LogP contribution in [0.25, 0.3) is 0 Å². The van der Waals surface area contributed by atoms with Crippen LogP contribution < -0.4 is 10.2 Å². The van der Waals surface area contributed by atoms with Crippen molar-refractivity contribution in [3.8, 4) is 0 Å². The van der Waals surface area contributed by atoms with Gasteiger partial charge in [-0.1, -0.05) is 19.1 Å². The number of carbonyl (C=O) groups is 3. The zero-order valence-electron chi connectivity index (χ0n) is 16.7. The predicted octanol–water partition coefficient (Wildman–Crippen LogP) is 1.98. The number of nitrogens with one attached hydrogen (secondary N) is 2. The Balaban J connectivity index is 1.46. The summed E-state index contributed by atoms with van der Waals surface area (Å²) in [6.07, 6.45) is 1.94.